The predicted octanol–water partition coefficient (Wildman–Crippen LogP) is 3.89. The Labute approximate surface area is 202 Å². The third-order valence-corrected chi connectivity index (χ3v) is 8.08. The Kier molecular flexibility index (Phi) is 6.48. The maximum Gasteiger partial charge on any atom is 0.407 e. The fraction of sp³-hybridized carbons (Fsp3) is 0.150. The van der Waals surface area contributed by atoms with E-state index in [4.69, 9.17) is 33.7 Å². The molecule has 1 aliphatic rings. The summed E-state index contributed by atoms with van der Waals surface area (Å²) in [6.45, 7) is 0.142. The molecule has 3 aromatic rings. The number of halogens is 2. The summed E-state index contributed by atoms with van der Waals surface area (Å²) in [5, 5.41) is 6.15. The molecule has 1 fully saturated rings. The van der Waals surface area contributed by atoms with Gasteiger partial charge < -0.3 is 21.1 Å². The molecule has 1 saturated heterocycles. The molecule has 1 unspecified atom stereocenters. The molecule has 0 saturated carbocycles. The fourth-order valence-electron chi connectivity index (χ4n) is 3.11. The van der Waals surface area contributed by atoms with Crippen LogP contribution < -0.4 is 16.4 Å². The molecule has 2 heterocycles. The first-order chi connectivity index (χ1) is 15.6. The molecule has 1 aromatic heterocycles. The number of cyclic esters (lactones) is 1. The summed E-state index contributed by atoms with van der Waals surface area (Å²) in [5.74, 6) is -0.753. The third kappa shape index (κ3) is 5.06. The lowest BCUT2D eigenvalue weighted by molar-refractivity contribution is 0.104. The van der Waals surface area contributed by atoms with Gasteiger partial charge in [-0.2, -0.15) is 0 Å². The summed E-state index contributed by atoms with van der Waals surface area (Å²) in [7, 11) is -3.66. The molecule has 9 nitrogen and oxygen atoms in total. The number of nitrogen functional groups attached to an aromatic ring is 1. The highest BCUT2D eigenvalue weighted by Gasteiger charge is 2.29. The molecule has 0 aliphatic carbocycles. The van der Waals surface area contributed by atoms with E-state index >= 15 is 0 Å². The lowest BCUT2D eigenvalue weighted by Gasteiger charge is -2.09. The van der Waals surface area contributed by atoms with E-state index in [0.29, 0.717) is 10.8 Å². The minimum atomic E-state index is -3.66. The van der Waals surface area contributed by atoms with Crippen molar-refractivity contribution in [2.24, 2.45) is 0 Å². The van der Waals surface area contributed by atoms with Crippen LogP contribution in [0.5, 0.6) is 0 Å². The van der Waals surface area contributed by atoms with E-state index in [-0.39, 0.29) is 43.5 Å². The lowest BCUT2D eigenvalue weighted by Crippen LogP contribution is -2.24. The highest BCUT2D eigenvalue weighted by Crippen LogP contribution is 2.34. The van der Waals surface area contributed by atoms with Crippen molar-refractivity contribution in [3.63, 3.8) is 0 Å². The number of rotatable bonds is 7. The Morgan fingerprint density at radius 1 is 1.21 bits per heavy atom. The van der Waals surface area contributed by atoms with Gasteiger partial charge in [-0.25, -0.2) is 18.2 Å². The van der Waals surface area contributed by atoms with Crippen LogP contribution in [0.3, 0.4) is 0 Å². The lowest BCUT2D eigenvalue weighted by atomic mass is 10.1. The van der Waals surface area contributed by atoms with Gasteiger partial charge in [-0.15, -0.1) is 0 Å². The summed E-state index contributed by atoms with van der Waals surface area (Å²) < 4.78 is 30.0. The van der Waals surface area contributed by atoms with Crippen molar-refractivity contribution in [3.05, 3.63) is 63.0 Å². The van der Waals surface area contributed by atoms with Gasteiger partial charge in [0.1, 0.15) is 16.8 Å². The van der Waals surface area contributed by atoms with Crippen LogP contribution in [0.4, 0.5) is 21.4 Å². The minimum absolute atomic E-state index is 0.0161. The van der Waals surface area contributed by atoms with Gasteiger partial charge in [0, 0.05) is 5.69 Å². The molecule has 0 bridgehead atoms. The molecule has 1 amide bonds. The molecule has 4 rings (SSSR count). The van der Waals surface area contributed by atoms with Crippen molar-refractivity contribution in [1.29, 1.82) is 0 Å². The number of aromatic nitrogens is 1. The summed E-state index contributed by atoms with van der Waals surface area (Å²) >= 11 is 13.3. The molecule has 13 heteroatoms. The maximum absolute atomic E-state index is 12.9. The number of ether oxygens (including phenoxy) is 1. The van der Waals surface area contributed by atoms with E-state index in [9.17, 15) is 18.0 Å². The second-order valence-corrected chi connectivity index (χ2v) is 10.8. The van der Waals surface area contributed by atoms with Crippen LogP contribution in [0.2, 0.25) is 10.0 Å². The van der Waals surface area contributed by atoms with Crippen LogP contribution in [-0.4, -0.2) is 43.7 Å². The third-order valence-electron chi connectivity index (χ3n) is 4.67. The monoisotopic (exact) mass is 526 g/mol. The predicted molar refractivity (Wildman–Crippen MR) is 126 cm³/mol. The van der Waals surface area contributed by atoms with Crippen molar-refractivity contribution in [1.82, 2.24) is 10.3 Å². The molecular weight excluding hydrogens is 511 g/mol. The molecule has 2 aromatic carbocycles. The maximum atomic E-state index is 12.9. The van der Waals surface area contributed by atoms with Gasteiger partial charge in [-0.1, -0.05) is 40.6 Å². The van der Waals surface area contributed by atoms with E-state index in [1.54, 1.807) is 30.3 Å². The molecule has 33 heavy (non-hydrogen) atoms. The second-order valence-electron chi connectivity index (χ2n) is 7.00. The van der Waals surface area contributed by atoms with E-state index < -0.39 is 27.8 Å². The molecule has 1 aliphatic heterocycles. The van der Waals surface area contributed by atoms with Crippen molar-refractivity contribution in [2.75, 3.05) is 23.3 Å². The van der Waals surface area contributed by atoms with E-state index in [2.05, 4.69) is 15.6 Å². The van der Waals surface area contributed by atoms with Gasteiger partial charge in [-0.3, -0.25) is 4.79 Å². The summed E-state index contributed by atoms with van der Waals surface area (Å²) in [4.78, 5) is 28.4. The van der Waals surface area contributed by atoms with Crippen molar-refractivity contribution in [3.8, 4) is 0 Å². The zero-order chi connectivity index (χ0) is 23.8. The largest absolute Gasteiger partial charge is 0.443 e. The summed E-state index contributed by atoms with van der Waals surface area (Å²) in [6.07, 6.45) is -1.37. The summed E-state index contributed by atoms with van der Waals surface area (Å²) in [5.41, 5.74) is 6.61. The second kappa shape index (κ2) is 9.18. The first-order valence-electron chi connectivity index (χ1n) is 9.43. The number of hydrogen-bond donors (Lipinski definition) is 3. The highest BCUT2D eigenvalue weighted by molar-refractivity contribution is 7.91. The van der Waals surface area contributed by atoms with Crippen LogP contribution in [0.15, 0.2) is 47.4 Å². The van der Waals surface area contributed by atoms with Gasteiger partial charge in [0.2, 0.25) is 5.78 Å². The summed E-state index contributed by atoms with van der Waals surface area (Å²) in [6, 6.07) is 10.7. The van der Waals surface area contributed by atoms with E-state index in [1.807, 2.05) is 0 Å². The van der Waals surface area contributed by atoms with Gasteiger partial charge in [0.15, 0.2) is 15.0 Å². The number of carbonyl (C=O) groups excluding carboxylic acids is 2. The Balaban J connectivity index is 1.49. The first kappa shape index (κ1) is 23.3. The molecule has 0 radical (unpaired) electrons. The topological polar surface area (TPSA) is 140 Å². The Hall–Kier alpha value is -2.86. The number of carbonyl (C=O) groups is 2. The van der Waals surface area contributed by atoms with E-state index in [1.165, 1.54) is 12.1 Å². The Bertz CT molecular complexity index is 1320. The SMILES string of the molecule is Nc1nc(Nc2ccc(S(=O)(=O)CC3CNC(=O)O3)cc2)sc1C(=O)c1c(Cl)cccc1Cl. The number of thiazole rings is 1. The zero-order valence-electron chi connectivity index (χ0n) is 16.7. The number of benzene rings is 2. The van der Waals surface area contributed by atoms with Gasteiger partial charge in [-0.05, 0) is 36.4 Å². The van der Waals surface area contributed by atoms with Crippen molar-refractivity contribution < 1.29 is 22.7 Å². The fourth-order valence-corrected chi connectivity index (χ4v) is 5.95. The zero-order valence-corrected chi connectivity index (χ0v) is 19.8. The number of alkyl carbamates (subject to hydrolysis) is 1. The molecule has 172 valence electrons. The number of anilines is 3. The van der Waals surface area contributed by atoms with Crippen LogP contribution in [-0.2, 0) is 14.6 Å². The average Bonchev–Trinajstić information content (AvgIpc) is 3.32. The number of nitrogens with zero attached hydrogens (tertiary/aromatic N) is 1. The van der Waals surface area contributed by atoms with Crippen molar-refractivity contribution in [2.45, 2.75) is 11.0 Å². The average molecular weight is 527 g/mol. The normalized spacial score (nSPS) is 15.7. The molecule has 4 N–H and O–H groups in total. The van der Waals surface area contributed by atoms with Crippen LogP contribution in [0.25, 0.3) is 0 Å². The number of ketones is 1. The van der Waals surface area contributed by atoms with Gasteiger partial charge >= 0.3 is 6.09 Å². The number of nitrogens with two attached hydrogens (primary N) is 1. The Morgan fingerprint density at radius 3 is 2.48 bits per heavy atom. The number of amides is 1. The number of nitrogens with one attached hydrogen (secondary N) is 2. The smallest absolute Gasteiger partial charge is 0.407 e. The van der Waals surface area contributed by atoms with E-state index in [0.717, 1.165) is 11.3 Å². The van der Waals surface area contributed by atoms with Gasteiger partial charge in [0.05, 0.1) is 32.8 Å². The Morgan fingerprint density at radius 2 is 1.88 bits per heavy atom. The van der Waals surface area contributed by atoms with Gasteiger partial charge in [0.25, 0.3) is 0 Å². The minimum Gasteiger partial charge on any atom is -0.443 e. The number of hydrogen-bond acceptors (Lipinski definition) is 9. The van der Waals surface area contributed by atoms with Crippen molar-refractivity contribution >= 4 is 72.9 Å². The number of sulfone groups is 1. The molecule has 0 spiro atoms. The molecular formula is C20H16Cl2N4O5S2. The van der Waals surface area contributed by atoms with Crippen LogP contribution >= 0.6 is 34.5 Å². The van der Waals surface area contributed by atoms with Crippen LogP contribution in [0.1, 0.15) is 15.2 Å². The molecule has 1 atom stereocenters. The highest BCUT2D eigenvalue weighted by atomic mass is 35.5. The van der Waals surface area contributed by atoms with Crippen LogP contribution in [0, 0.1) is 0 Å². The first-order valence-corrected chi connectivity index (χ1v) is 12.7. The standard InChI is InChI=1S/C20H16Cl2N4O5S2/c21-13-2-1-3-14(22)15(13)16(27)17-18(23)26-19(32-17)25-10-4-6-12(7-5-10)33(29,30)9-11-8-24-20(28)31-11/h1-7,11H,8-9,23H2,(H,24,28)(H,25,26). The quantitative estimate of drug-likeness (QED) is 0.393.